The van der Waals surface area contributed by atoms with E-state index < -0.39 is 0 Å². The molecule has 0 spiro atoms. The number of halogens is 1. The van der Waals surface area contributed by atoms with Crippen LogP contribution >= 0.6 is 12.4 Å². The summed E-state index contributed by atoms with van der Waals surface area (Å²) in [5, 5.41) is 3.03. The van der Waals surface area contributed by atoms with Crippen molar-refractivity contribution in [3.05, 3.63) is 29.8 Å². The van der Waals surface area contributed by atoms with Crippen molar-refractivity contribution in [1.82, 2.24) is 15.1 Å². The molecule has 2 fully saturated rings. The van der Waals surface area contributed by atoms with Gasteiger partial charge in [-0.15, -0.1) is 12.4 Å². The van der Waals surface area contributed by atoms with Crippen LogP contribution in [-0.4, -0.2) is 62.6 Å². The number of para-hydroxylation sites is 1. The summed E-state index contributed by atoms with van der Waals surface area (Å²) in [5.41, 5.74) is 1.01. The van der Waals surface area contributed by atoms with Crippen molar-refractivity contribution in [2.45, 2.75) is 25.4 Å². The summed E-state index contributed by atoms with van der Waals surface area (Å²) in [6, 6.07) is 8.39. The van der Waals surface area contributed by atoms with E-state index in [-0.39, 0.29) is 18.3 Å². The zero-order valence-corrected chi connectivity index (χ0v) is 16.2. The second kappa shape index (κ2) is 8.88. The summed E-state index contributed by atoms with van der Waals surface area (Å²) < 4.78 is 5.33. The third-order valence-corrected chi connectivity index (χ3v) is 5.34. The van der Waals surface area contributed by atoms with Crippen molar-refractivity contribution in [3.8, 4) is 5.75 Å². The van der Waals surface area contributed by atoms with Gasteiger partial charge >= 0.3 is 0 Å². The van der Waals surface area contributed by atoms with E-state index in [2.05, 4.69) is 29.2 Å². The first-order chi connectivity index (χ1) is 11.6. The van der Waals surface area contributed by atoms with E-state index in [4.69, 9.17) is 4.74 Å². The van der Waals surface area contributed by atoms with Crippen LogP contribution in [0.1, 0.15) is 18.4 Å². The second-order valence-electron chi connectivity index (χ2n) is 7.31. The number of amides is 1. The van der Waals surface area contributed by atoms with Gasteiger partial charge in [0.25, 0.3) is 0 Å². The minimum Gasteiger partial charge on any atom is -0.496 e. The number of hydrogen-bond donors (Lipinski definition) is 1. The Morgan fingerprint density at radius 2 is 2.00 bits per heavy atom. The van der Waals surface area contributed by atoms with Crippen LogP contribution in [0.25, 0.3) is 0 Å². The molecule has 140 valence electrons. The molecule has 25 heavy (non-hydrogen) atoms. The second-order valence-corrected chi connectivity index (χ2v) is 7.31. The van der Waals surface area contributed by atoms with Gasteiger partial charge in [0.1, 0.15) is 5.75 Å². The fraction of sp³-hybridized carbons (Fsp3) is 0.632. The predicted molar refractivity (Wildman–Crippen MR) is 102 cm³/mol. The van der Waals surface area contributed by atoms with Gasteiger partial charge in [-0.1, -0.05) is 18.2 Å². The van der Waals surface area contributed by atoms with Crippen LogP contribution in [-0.2, 0) is 11.3 Å². The Balaban J connectivity index is 0.00000225. The quantitative estimate of drug-likeness (QED) is 0.800. The fourth-order valence-corrected chi connectivity index (χ4v) is 3.86. The Kier molecular flexibility index (Phi) is 7.11. The fourth-order valence-electron chi connectivity index (χ4n) is 3.86. The molecule has 0 bridgehead atoms. The zero-order chi connectivity index (χ0) is 17.1. The van der Waals surface area contributed by atoms with Crippen molar-refractivity contribution >= 4 is 18.3 Å². The van der Waals surface area contributed by atoms with Gasteiger partial charge < -0.3 is 15.0 Å². The lowest BCUT2D eigenvalue weighted by Crippen LogP contribution is -2.38. The van der Waals surface area contributed by atoms with E-state index in [0.29, 0.717) is 19.1 Å². The third-order valence-electron chi connectivity index (χ3n) is 5.34. The molecule has 0 unspecified atom stereocenters. The van der Waals surface area contributed by atoms with Gasteiger partial charge in [0.2, 0.25) is 5.91 Å². The van der Waals surface area contributed by atoms with Crippen molar-refractivity contribution in [2.75, 3.05) is 40.8 Å². The van der Waals surface area contributed by atoms with Crippen molar-refractivity contribution in [3.63, 3.8) is 0 Å². The van der Waals surface area contributed by atoms with Gasteiger partial charge in [-0.2, -0.15) is 0 Å². The average molecular weight is 368 g/mol. The maximum atomic E-state index is 12.3. The molecule has 0 radical (unpaired) electrons. The molecule has 1 aromatic carbocycles. The Hall–Kier alpha value is -1.30. The Morgan fingerprint density at radius 3 is 2.64 bits per heavy atom. The van der Waals surface area contributed by atoms with Crippen molar-refractivity contribution < 1.29 is 9.53 Å². The first-order valence-corrected chi connectivity index (χ1v) is 8.86. The summed E-state index contributed by atoms with van der Waals surface area (Å²) in [6.07, 6.45) is 2.73. The molecular formula is C19H30ClN3O2. The van der Waals surface area contributed by atoms with Gasteiger partial charge in [0.05, 0.1) is 13.7 Å². The van der Waals surface area contributed by atoms with E-state index in [1.54, 1.807) is 7.11 Å². The van der Waals surface area contributed by atoms with E-state index >= 15 is 0 Å². The number of ether oxygens (including phenoxy) is 1. The minimum absolute atomic E-state index is 0. The van der Waals surface area contributed by atoms with Gasteiger partial charge in [-0.05, 0) is 44.8 Å². The molecule has 3 rings (SSSR count). The van der Waals surface area contributed by atoms with Gasteiger partial charge in [0.15, 0.2) is 0 Å². The summed E-state index contributed by atoms with van der Waals surface area (Å²) in [6.45, 7) is 3.05. The SMILES string of the molecule is COc1ccccc1CNC(=O)CN1C[C@H](C2CC2)[C@@H](N(C)C)C1.Cl. The molecule has 1 aromatic rings. The van der Waals surface area contributed by atoms with Crippen LogP contribution in [0.4, 0.5) is 0 Å². The maximum Gasteiger partial charge on any atom is 0.234 e. The molecule has 1 amide bonds. The molecule has 6 heteroatoms. The van der Waals surface area contributed by atoms with Crippen LogP contribution < -0.4 is 10.1 Å². The molecule has 2 atom stereocenters. The van der Waals surface area contributed by atoms with E-state index in [1.165, 1.54) is 12.8 Å². The molecule has 1 saturated heterocycles. The Bertz CT molecular complexity index is 568. The number of likely N-dealkylation sites (N-methyl/N-ethyl adjacent to an activating group) is 1. The van der Waals surface area contributed by atoms with Gasteiger partial charge in [0, 0.05) is 31.2 Å². The molecule has 1 aliphatic heterocycles. The molecule has 0 aromatic heterocycles. The number of benzene rings is 1. The van der Waals surface area contributed by atoms with Gasteiger partial charge in [-0.3, -0.25) is 9.69 Å². The number of likely N-dealkylation sites (tertiary alicyclic amines) is 1. The molecule has 1 N–H and O–H groups in total. The van der Waals surface area contributed by atoms with Crippen LogP contribution in [0, 0.1) is 11.8 Å². The summed E-state index contributed by atoms with van der Waals surface area (Å²) >= 11 is 0. The number of nitrogens with one attached hydrogen (secondary N) is 1. The summed E-state index contributed by atoms with van der Waals surface area (Å²) in [4.78, 5) is 17.0. The highest BCUT2D eigenvalue weighted by atomic mass is 35.5. The average Bonchev–Trinajstić information content (AvgIpc) is 3.33. The number of nitrogens with zero attached hydrogens (tertiary/aromatic N) is 2. The van der Waals surface area contributed by atoms with E-state index in [9.17, 15) is 4.79 Å². The first-order valence-electron chi connectivity index (χ1n) is 8.86. The molecule has 2 aliphatic rings. The predicted octanol–water partition coefficient (Wildman–Crippen LogP) is 2.01. The lowest BCUT2D eigenvalue weighted by atomic mass is 9.97. The van der Waals surface area contributed by atoms with Crippen molar-refractivity contribution in [1.29, 1.82) is 0 Å². The van der Waals surface area contributed by atoms with Crippen LogP contribution in [0.15, 0.2) is 24.3 Å². The highest BCUT2D eigenvalue weighted by Gasteiger charge is 2.43. The number of carbonyl (C=O) groups excluding carboxylic acids is 1. The third kappa shape index (κ3) is 5.09. The number of hydrogen-bond acceptors (Lipinski definition) is 4. The number of carbonyl (C=O) groups is 1. The highest BCUT2D eigenvalue weighted by Crippen LogP contribution is 2.42. The zero-order valence-electron chi connectivity index (χ0n) is 15.4. The summed E-state index contributed by atoms with van der Waals surface area (Å²) in [7, 11) is 5.97. The highest BCUT2D eigenvalue weighted by molar-refractivity contribution is 5.85. The Labute approximate surface area is 157 Å². The maximum absolute atomic E-state index is 12.3. The molecular weight excluding hydrogens is 338 g/mol. The van der Waals surface area contributed by atoms with Crippen molar-refractivity contribution in [2.24, 2.45) is 11.8 Å². The first kappa shape index (κ1) is 20.0. The van der Waals surface area contributed by atoms with E-state index in [1.807, 2.05) is 24.3 Å². The van der Waals surface area contributed by atoms with Crippen LogP contribution in [0.5, 0.6) is 5.75 Å². The number of methoxy groups -OCH3 is 1. The van der Waals surface area contributed by atoms with Crippen LogP contribution in [0.2, 0.25) is 0 Å². The van der Waals surface area contributed by atoms with E-state index in [0.717, 1.165) is 36.2 Å². The minimum atomic E-state index is 0. The number of rotatable bonds is 7. The lowest BCUT2D eigenvalue weighted by Gasteiger charge is -2.25. The normalized spacial score (nSPS) is 23.4. The lowest BCUT2D eigenvalue weighted by molar-refractivity contribution is -0.122. The largest absolute Gasteiger partial charge is 0.496 e. The molecule has 5 nitrogen and oxygen atoms in total. The Morgan fingerprint density at radius 1 is 1.28 bits per heavy atom. The molecule has 1 heterocycles. The van der Waals surface area contributed by atoms with Crippen LogP contribution in [0.3, 0.4) is 0 Å². The topological polar surface area (TPSA) is 44.8 Å². The monoisotopic (exact) mass is 367 g/mol. The standard InChI is InChI=1S/C19H29N3O2.ClH/c1-21(2)17-12-22(11-16(17)14-8-9-14)13-19(23)20-10-15-6-4-5-7-18(15)24-3;/h4-7,14,16-17H,8-13H2,1-3H3,(H,20,23);1H/t16-,17+;/m1./s1. The molecule has 1 aliphatic carbocycles. The summed E-state index contributed by atoms with van der Waals surface area (Å²) in [5.74, 6) is 2.51. The van der Waals surface area contributed by atoms with Gasteiger partial charge in [-0.25, -0.2) is 0 Å². The molecule has 1 saturated carbocycles. The smallest absolute Gasteiger partial charge is 0.234 e.